The van der Waals surface area contributed by atoms with Crippen LogP contribution in [-0.2, 0) is 6.42 Å². The summed E-state index contributed by atoms with van der Waals surface area (Å²) < 4.78 is 11.3. The van der Waals surface area contributed by atoms with Crippen molar-refractivity contribution in [3.63, 3.8) is 0 Å². The van der Waals surface area contributed by atoms with E-state index in [0.29, 0.717) is 19.6 Å². The zero-order chi connectivity index (χ0) is 14.8. The van der Waals surface area contributed by atoms with Crippen molar-refractivity contribution < 1.29 is 9.47 Å². The van der Waals surface area contributed by atoms with E-state index in [1.807, 2.05) is 54.6 Å². The standard InChI is InChI=1S/C19H20O2/c1-2-8-17-11-13-19(14-12-17)21-16-7-6-15-20-18-9-4-3-5-10-18/h1,3-5,9-14H,6-8,15-16H2. The van der Waals surface area contributed by atoms with Gasteiger partial charge in [0.25, 0.3) is 0 Å². The first kappa shape index (κ1) is 15.0. The van der Waals surface area contributed by atoms with E-state index in [0.717, 1.165) is 29.9 Å². The molecule has 2 rings (SSSR count). The lowest BCUT2D eigenvalue weighted by molar-refractivity contribution is 0.266. The Morgan fingerprint density at radius 1 is 0.762 bits per heavy atom. The summed E-state index contributed by atoms with van der Waals surface area (Å²) in [5.41, 5.74) is 1.14. The molecular weight excluding hydrogens is 260 g/mol. The molecule has 0 atom stereocenters. The topological polar surface area (TPSA) is 18.5 Å². The Hall–Kier alpha value is -2.40. The number of hydrogen-bond donors (Lipinski definition) is 0. The van der Waals surface area contributed by atoms with Crippen LogP contribution in [0.4, 0.5) is 0 Å². The summed E-state index contributed by atoms with van der Waals surface area (Å²) >= 11 is 0. The second kappa shape index (κ2) is 8.71. The van der Waals surface area contributed by atoms with Crippen molar-refractivity contribution in [2.75, 3.05) is 13.2 Å². The molecule has 0 saturated carbocycles. The van der Waals surface area contributed by atoms with Crippen LogP contribution < -0.4 is 9.47 Å². The summed E-state index contributed by atoms with van der Waals surface area (Å²) in [6.07, 6.45) is 7.89. The van der Waals surface area contributed by atoms with Crippen molar-refractivity contribution in [3.8, 4) is 23.8 Å². The first-order valence-electron chi connectivity index (χ1n) is 7.21. The van der Waals surface area contributed by atoms with E-state index in [4.69, 9.17) is 15.9 Å². The molecule has 0 aliphatic carbocycles. The molecule has 0 saturated heterocycles. The van der Waals surface area contributed by atoms with Gasteiger partial charge in [-0.25, -0.2) is 0 Å². The van der Waals surface area contributed by atoms with Gasteiger partial charge < -0.3 is 9.47 Å². The molecule has 0 unspecified atom stereocenters. The van der Waals surface area contributed by atoms with Gasteiger partial charge in [0.15, 0.2) is 0 Å². The van der Waals surface area contributed by atoms with Crippen molar-refractivity contribution >= 4 is 0 Å². The maximum absolute atomic E-state index is 5.68. The highest BCUT2D eigenvalue weighted by atomic mass is 16.5. The summed E-state index contributed by atoms with van der Waals surface area (Å²) in [4.78, 5) is 0. The Morgan fingerprint density at radius 2 is 1.33 bits per heavy atom. The van der Waals surface area contributed by atoms with Crippen LogP contribution in [0, 0.1) is 12.3 Å². The van der Waals surface area contributed by atoms with E-state index in [-0.39, 0.29) is 0 Å². The number of unbranched alkanes of at least 4 members (excludes halogenated alkanes) is 1. The van der Waals surface area contributed by atoms with Gasteiger partial charge >= 0.3 is 0 Å². The maximum Gasteiger partial charge on any atom is 0.119 e. The summed E-state index contributed by atoms with van der Waals surface area (Å²) in [5, 5.41) is 0. The van der Waals surface area contributed by atoms with Gasteiger partial charge in [-0.3, -0.25) is 0 Å². The molecule has 0 radical (unpaired) electrons. The lowest BCUT2D eigenvalue weighted by Crippen LogP contribution is -2.02. The molecule has 0 bridgehead atoms. The van der Waals surface area contributed by atoms with Crippen molar-refractivity contribution in [2.24, 2.45) is 0 Å². The van der Waals surface area contributed by atoms with Crippen LogP contribution in [-0.4, -0.2) is 13.2 Å². The molecule has 0 fully saturated rings. The van der Waals surface area contributed by atoms with Crippen molar-refractivity contribution in [3.05, 3.63) is 60.2 Å². The molecular formula is C19H20O2. The highest BCUT2D eigenvalue weighted by molar-refractivity contribution is 5.29. The zero-order valence-electron chi connectivity index (χ0n) is 12.1. The van der Waals surface area contributed by atoms with E-state index < -0.39 is 0 Å². The molecule has 0 heterocycles. The van der Waals surface area contributed by atoms with Crippen LogP contribution in [0.1, 0.15) is 18.4 Å². The zero-order valence-corrected chi connectivity index (χ0v) is 12.1. The van der Waals surface area contributed by atoms with Gasteiger partial charge in [-0.2, -0.15) is 0 Å². The van der Waals surface area contributed by atoms with E-state index in [1.165, 1.54) is 0 Å². The largest absolute Gasteiger partial charge is 0.494 e. The van der Waals surface area contributed by atoms with Crippen LogP contribution in [0.25, 0.3) is 0 Å². The van der Waals surface area contributed by atoms with E-state index >= 15 is 0 Å². The normalized spacial score (nSPS) is 9.86. The van der Waals surface area contributed by atoms with E-state index in [1.54, 1.807) is 0 Å². The second-order valence-corrected chi connectivity index (χ2v) is 4.74. The Morgan fingerprint density at radius 3 is 1.90 bits per heavy atom. The third kappa shape index (κ3) is 5.62. The Kier molecular flexibility index (Phi) is 6.22. The molecule has 0 amide bonds. The fraction of sp³-hybridized carbons (Fsp3) is 0.263. The first-order chi connectivity index (χ1) is 10.4. The lowest BCUT2D eigenvalue weighted by atomic mass is 10.1. The van der Waals surface area contributed by atoms with E-state index in [2.05, 4.69) is 5.92 Å². The van der Waals surface area contributed by atoms with Gasteiger partial charge in [0.1, 0.15) is 11.5 Å². The van der Waals surface area contributed by atoms with Crippen LogP contribution in [0.15, 0.2) is 54.6 Å². The van der Waals surface area contributed by atoms with E-state index in [9.17, 15) is 0 Å². The smallest absolute Gasteiger partial charge is 0.119 e. The molecule has 2 aromatic rings. The SMILES string of the molecule is C#CCc1ccc(OCCCCOc2ccccc2)cc1. The predicted octanol–water partition coefficient (Wildman–Crippen LogP) is 4.10. The molecule has 21 heavy (non-hydrogen) atoms. The van der Waals surface area contributed by atoms with Gasteiger partial charge in [0, 0.05) is 6.42 Å². The molecule has 2 heteroatoms. The van der Waals surface area contributed by atoms with Gasteiger partial charge in [-0.1, -0.05) is 30.3 Å². The van der Waals surface area contributed by atoms with Gasteiger partial charge in [-0.05, 0) is 42.7 Å². The van der Waals surface area contributed by atoms with Gasteiger partial charge in [0.2, 0.25) is 0 Å². The number of ether oxygens (including phenoxy) is 2. The summed E-state index contributed by atoms with van der Waals surface area (Å²) in [7, 11) is 0. The number of benzene rings is 2. The number of hydrogen-bond acceptors (Lipinski definition) is 2. The predicted molar refractivity (Wildman–Crippen MR) is 85.6 cm³/mol. The molecule has 0 spiro atoms. The van der Waals surface area contributed by atoms with Crippen LogP contribution >= 0.6 is 0 Å². The summed E-state index contributed by atoms with van der Waals surface area (Å²) in [6, 6.07) is 17.8. The average molecular weight is 280 g/mol. The van der Waals surface area contributed by atoms with Crippen LogP contribution in [0.5, 0.6) is 11.5 Å². The van der Waals surface area contributed by atoms with Crippen LogP contribution in [0.3, 0.4) is 0 Å². The fourth-order valence-electron chi connectivity index (χ4n) is 1.92. The lowest BCUT2D eigenvalue weighted by Gasteiger charge is -2.08. The Bertz CT molecular complexity index is 552. The molecule has 0 aliphatic rings. The number of terminal acetylenes is 1. The van der Waals surface area contributed by atoms with Gasteiger partial charge in [-0.15, -0.1) is 12.3 Å². The maximum atomic E-state index is 5.68. The molecule has 2 aromatic carbocycles. The Labute approximate surface area is 126 Å². The van der Waals surface area contributed by atoms with Crippen molar-refractivity contribution in [1.29, 1.82) is 0 Å². The summed E-state index contributed by atoms with van der Waals surface area (Å²) in [6.45, 7) is 1.42. The first-order valence-corrected chi connectivity index (χ1v) is 7.21. The molecule has 0 aromatic heterocycles. The number of rotatable bonds is 8. The van der Waals surface area contributed by atoms with Crippen LogP contribution in [0.2, 0.25) is 0 Å². The highest BCUT2D eigenvalue weighted by Gasteiger charge is 1.96. The minimum absolute atomic E-state index is 0.664. The third-order valence-corrected chi connectivity index (χ3v) is 3.05. The molecule has 2 nitrogen and oxygen atoms in total. The van der Waals surface area contributed by atoms with Crippen molar-refractivity contribution in [2.45, 2.75) is 19.3 Å². The highest BCUT2D eigenvalue weighted by Crippen LogP contribution is 2.13. The fourth-order valence-corrected chi connectivity index (χ4v) is 1.92. The minimum atomic E-state index is 0.664. The molecule has 0 N–H and O–H groups in total. The molecule has 108 valence electrons. The molecule has 0 aliphatic heterocycles. The number of para-hydroxylation sites is 1. The Balaban J connectivity index is 1.58. The average Bonchev–Trinajstić information content (AvgIpc) is 2.53. The second-order valence-electron chi connectivity index (χ2n) is 4.74. The monoisotopic (exact) mass is 280 g/mol. The quantitative estimate of drug-likeness (QED) is 0.535. The minimum Gasteiger partial charge on any atom is -0.494 e. The summed E-state index contributed by atoms with van der Waals surface area (Å²) in [5.74, 6) is 4.44. The van der Waals surface area contributed by atoms with Crippen molar-refractivity contribution in [1.82, 2.24) is 0 Å². The third-order valence-electron chi connectivity index (χ3n) is 3.05. The van der Waals surface area contributed by atoms with Gasteiger partial charge in [0.05, 0.1) is 13.2 Å².